The predicted octanol–water partition coefficient (Wildman–Crippen LogP) is 1.87. The smallest absolute Gasteiger partial charge is 0.264 e. The number of hydrogen-bond donors (Lipinski definition) is 4. The zero-order chi connectivity index (χ0) is 39.9. The first kappa shape index (κ1) is 38.9. The molecule has 3 aromatic heterocycles. The second-order valence-corrected chi connectivity index (χ2v) is 13.5. The summed E-state index contributed by atoms with van der Waals surface area (Å²) in [6.45, 7) is 1.15. The number of aromatic nitrogens is 4. The van der Waals surface area contributed by atoms with E-state index in [1.54, 1.807) is 41.3 Å². The number of nitrogens with zero attached hydrogens (tertiary/aromatic N) is 7. The largest absolute Gasteiger partial charge is 0.383 e. The van der Waals surface area contributed by atoms with Crippen molar-refractivity contribution in [3.05, 3.63) is 71.2 Å². The summed E-state index contributed by atoms with van der Waals surface area (Å²) in [5, 5.41) is 23.0. The summed E-state index contributed by atoms with van der Waals surface area (Å²) in [4.78, 5) is 64.1. The van der Waals surface area contributed by atoms with Gasteiger partial charge in [0.05, 0.1) is 80.3 Å². The van der Waals surface area contributed by atoms with E-state index in [1.165, 1.54) is 12.3 Å². The quantitative estimate of drug-likeness (QED) is 0.0460. The highest BCUT2D eigenvalue weighted by Gasteiger charge is 2.45. The maximum absolute atomic E-state index is 14.7. The number of alkyl halides is 1. The average Bonchev–Trinajstić information content (AvgIpc) is 3.87. The highest BCUT2D eigenvalue weighted by molar-refractivity contribution is 6.25. The number of amides is 4. The molecule has 4 amide bonds. The van der Waals surface area contributed by atoms with E-state index in [-0.39, 0.29) is 82.0 Å². The SMILES string of the molecule is N#Cc1cnc2c(cnn2-c2cc(NC3CC3)c(C(N)=NCC(F)COCCOCCOCCNc3cccc4c3C(=O)N(C3CCC(=O)NC3=O)C4=O)cn2)c1. The van der Waals surface area contributed by atoms with Crippen molar-refractivity contribution in [3.63, 3.8) is 0 Å². The molecular formula is C38H40FN11O7. The van der Waals surface area contributed by atoms with Gasteiger partial charge in [0.15, 0.2) is 11.5 Å². The molecule has 3 aliphatic rings. The number of nitrogens with one attached hydrogen (secondary N) is 3. The average molecular weight is 782 g/mol. The maximum Gasteiger partial charge on any atom is 0.264 e. The number of fused-ring (bicyclic) bond motifs is 2. The van der Waals surface area contributed by atoms with Crippen molar-refractivity contribution in [3.8, 4) is 11.9 Å². The summed E-state index contributed by atoms with van der Waals surface area (Å²) in [6.07, 6.45) is 5.41. The number of pyridine rings is 2. The Morgan fingerprint density at radius 1 is 1.00 bits per heavy atom. The van der Waals surface area contributed by atoms with Crippen molar-refractivity contribution in [1.29, 1.82) is 5.26 Å². The topological polar surface area (TPSA) is 241 Å². The number of hydrogen-bond acceptors (Lipinski definition) is 14. The molecule has 2 unspecified atom stereocenters. The number of aliphatic imine (C=N–C) groups is 1. The van der Waals surface area contributed by atoms with E-state index in [1.807, 2.05) is 0 Å². The molecule has 0 bridgehead atoms. The van der Waals surface area contributed by atoms with Crippen LogP contribution in [0.1, 0.15) is 57.5 Å². The fourth-order valence-corrected chi connectivity index (χ4v) is 6.39. The van der Waals surface area contributed by atoms with Gasteiger partial charge in [-0.25, -0.2) is 14.4 Å². The van der Waals surface area contributed by atoms with Gasteiger partial charge in [-0.2, -0.15) is 15.0 Å². The van der Waals surface area contributed by atoms with Crippen LogP contribution in [0.2, 0.25) is 0 Å². The summed E-state index contributed by atoms with van der Waals surface area (Å²) in [5.41, 5.74) is 9.31. The van der Waals surface area contributed by atoms with Gasteiger partial charge in [-0.05, 0) is 37.5 Å². The number of amidine groups is 1. The third-order valence-corrected chi connectivity index (χ3v) is 9.39. The number of nitrogens with two attached hydrogens (primary N) is 1. The van der Waals surface area contributed by atoms with Crippen LogP contribution in [-0.2, 0) is 23.8 Å². The number of benzene rings is 1. The molecule has 0 spiro atoms. The second-order valence-electron chi connectivity index (χ2n) is 13.5. The van der Waals surface area contributed by atoms with Gasteiger partial charge in [-0.15, -0.1) is 0 Å². The molecule has 57 heavy (non-hydrogen) atoms. The zero-order valence-corrected chi connectivity index (χ0v) is 30.8. The first-order valence-electron chi connectivity index (χ1n) is 18.5. The molecule has 1 saturated heterocycles. The normalized spacial score (nSPS) is 17.4. The molecule has 7 rings (SSSR count). The van der Waals surface area contributed by atoms with Crippen molar-refractivity contribution < 1.29 is 37.8 Å². The number of nitriles is 1. The molecule has 4 aromatic rings. The van der Waals surface area contributed by atoms with E-state index in [0.717, 1.165) is 17.7 Å². The summed E-state index contributed by atoms with van der Waals surface area (Å²) >= 11 is 0. The molecule has 5 N–H and O–H groups in total. The minimum Gasteiger partial charge on any atom is -0.383 e. The third kappa shape index (κ3) is 9.04. The molecule has 2 fully saturated rings. The van der Waals surface area contributed by atoms with E-state index in [4.69, 9.17) is 19.9 Å². The van der Waals surface area contributed by atoms with Crippen LogP contribution < -0.4 is 21.7 Å². The van der Waals surface area contributed by atoms with Crippen LogP contribution in [0.3, 0.4) is 0 Å². The van der Waals surface area contributed by atoms with Crippen molar-refractivity contribution in [2.45, 2.75) is 43.9 Å². The Kier molecular flexibility index (Phi) is 12.0. The van der Waals surface area contributed by atoms with E-state index < -0.39 is 35.8 Å². The standard InChI is InChI=1S/C38H40FN11O7/c39-24(19-44-34(41)27-20-43-31(15-29(27)47-25-4-5-25)50-35-23(18-46-50)14-22(16-40)17-45-35)21-57-13-12-56-11-10-55-9-8-42-28-3-1-2-26-33(28)38(54)49(37(26)53)30-6-7-32(51)48-36(30)52/h1-3,14-15,17-18,20,24-25,30,42H,4-13,19,21H2,(H2,41,44)(H,43,47)(H,48,51,52). The number of piperidine rings is 1. The number of anilines is 2. The Morgan fingerprint density at radius 2 is 1.79 bits per heavy atom. The molecule has 296 valence electrons. The molecule has 18 nitrogen and oxygen atoms in total. The van der Waals surface area contributed by atoms with E-state index in [0.29, 0.717) is 45.9 Å². The Balaban J connectivity index is 0.790. The lowest BCUT2D eigenvalue weighted by Gasteiger charge is -2.27. The van der Waals surface area contributed by atoms with E-state index in [9.17, 15) is 28.8 Å². The van der Waals surface area contributed by atoms with Crippen LogP contribution in [0.15, 0.2) is 53.9 Å². The predicted molar refractivity (Wildman–Crippen MR) is 203 cm³/mol. The molecule has 2 atom stereocenters. The van der Waals surface area contributed by atoms with Gasteiger partial charge in [-0.1, -0.05) is 6.07 Å². The number of carbonyl (C=O) groups excluding carboxylic acids is 4. The fourth-order valence-electron chi connectivity index (χ4n) is 6.39. The van der Waals surface area contributed by atoms with Gasteiger partial charge in [0.25, 0.3) is 11.8 Å². The highest BCUT2D eigenvalue weighted by atomic mass is 19.1. The van der Waals surface area contributed by atoms with Crippen LogP contribution in [0.4, 0.5) is 15.8 Å². The maximum atomic E-state index is 14.7. The molecule has 19 heteroatoms. The summed E-state index contributed by atoms with van der Waals surface area (Å²) < 4.78 is 32.8. The van der Waals surface area contributed by atoms with Gasteiger partial charge >= 0.3 is 0 Å². The van der Waals surface area contributed by atoms with Crippen LogP contribution >= 0.6 is 0 Å². The van der Waals surface area contributed by atoms with Gasteiger partial charge < -0.3 is 30.6 Å². The number of carbonyl (C=O) groups is 4. The fraction of sp³-hybridized carbons (Fsp3) is 0.395. The summed E-state index contributed by atoms with van der Waals surface area (Å²) in [6, 6.07) is 9.66. The first-order chi connectivity index (χ1) is 27.7. The van der Waals surface area contributed by atoms with Crippen molar-refractivity contribution in [1.82, 2.24) is 30.0 Å². The molecule has 1 aromatic carbocycles. The Hall–Kier alpha value is -6.36. The number of halogens is 1. The van der Waals surface area contributed by atoms with Gasteiger partial charge in [0, 0.05) is 48.5 Å². The van der Waals surface area contributed by atoms with Gasteiger partial charge in [0.2, 0.25) is 11.8 Å². The van der Waals surface area contributed by atoms with Crippen molar-refractivity contribution >= 4 is 51.9 Å². The lowest BCUT2D eigenvalue weighted by atomic mass is 10.0. The Morgan fingerprint density at radius 3 is 2.56 bits per heavy atom. The van der Waals surface area contributed by atoms with Crippen LogP contribution in [-0.4, -0.2) is 125 Å². The van der Waals surface area contributed by atoms with Gasteiger partial charge in [-0.3, -0.25) is 34.4 Å². The molecule has 0 radical (unpaired) electrons. The zero-order valence-electron chi connectivity index (χ0n) is 30.8. The second kappa shape index (κ2) is 17.6. The molecule has 1 aliphatic carbocycles. The van der Waals surface area contributed by atoms with Gasteiger partial charge in [0.1, 0.15) is 24.1 Å². The van der Waals surface area contributed by atoms with Crippen molar-refractivity contribution in [2.24, 2.45) is 10.7 Å². The lowest BCUT2D eigenvalue weighted by Crippen LogP contribution is -2.54. The number of rotatable bonds is 19. The first-order valence-corrected chi connectivity index (χ1v) is 18.5. The summed E-state index contributed by atoms with van der Waals surface area (Å²) in [7, 11) is 0. The van der Waals surface area contributed by atoms with Crippen LogP contribution in [0.25, 0.3) is 16.9 Å². The third-order valence-electron chi connectivity index (χ3n) is 9.39. The van der Waals surface area contributed by atoms with E-state index in [2.05, 4.69) is 42.1 Å². The van der Waals surface area contributed by atoms with Crippen LogP contribution in [0, 0.1) is 11.3 Å². The number of ether oxygens (including phenoxy) is 3. The summed E-state index contributed by atoms with van der Waals surface area (Å²) in [5.74, 6) is -1.64. The lowest BCUT2D eigenvalue weighted by molar-refractivity contribution is -0.136. The minimum absolute atomic E-state index is 0.0440. The Labute approximate surface area is 325 Å². The van der Waals surface area contributed by atoms with Crippen LogP contribution in [0.5, 0.6) is 0 Å². The molecule has 1 saturated carbocycles. The highest BCUT2D eigenvalue weighted by Crippen LogP contribution is 2.32. The number of imide groups is 2. The monoisotopic (exact) mass is 781 g/mol. The Bertz CT molecular complexity index is 2250. The molecule has 5 heterocycles. The molecule has 2 aliphatic heterocycles. The van der Waals surface area contributed by atoms with Crippen molar-refractivity contribution in [2.75, 3.05) is 63.4 Å². The molecular weight excluding hydrogens is 741 g/mol. The minimum atomic E-state index is -1.40. The van der Waals surface area contributed by atoms with E-state index >= 15 is 0 Å².